The fraction of sp³-hybridized carbons (Fsp3) is 0. The fourth-order valence-electron chi connectivity index (χ4n) is 8.64. The maximum absolute atomic E-state index is 6.45. The van der Waals surface area contributed by atoms with Gasteiger partial charge in [0, 0.05) is 60.4 Å². The normalized spacial score (nSPS) is 11.9. The number of rotatable bonds is 5. The summed E-state index contributed by atoms with van der Waals surface area (Å²) in [6.45, 7) is 0. The summed E-state index contributed by atoms with van der Waals surface area (Å²) >= 11 is 0. The molecule has 0 bridgehead atoms. The molecule has 0 radical (unpaired) electrons. The molecule has 6 heteroatoms. The molecule has 266 valence electrons. The highest BCUT2D eigenvalue weighted by Crippen LogP contribution is 2.44. The predicted octanol–water partition coefficient (Wildman–Crippen LogP) is 13.0. The monoisotopic (exact) mass is 729 g/mol. The van der Waals surface area contributed by atoms with Gasteiger partial charge in [0.1, 0.15) is 11.2 Å². The van der Waals surface area contributed by atoms with Crippen LogP contribution in [0.5, 0.6) is 0 Å². The van der Waals surface area contributed by atoms with Crippen molar-refractivity contribution in [1.82, 2.24) is 24.1 Å². The van der Waals surface area contributed by atoms with Crippen LogP contribution in [0.15, 0.2) is 192 Å². The smallest absolute Gasteiger partial charge is 0.164 e. The van der Waals surface area contributed by atoms with Crippen molar-refractivity contribution < 1.29 is 4.42 Å². The standard InChI is InChI=1S/C51H31N5O/c1-4-15-32(16-5-1)49-52-50(33-17-6-2-7-18-33)54-51(53-49)34-19-14-22-36(29-34)56-41-25-12-10-23-37(41)39-30-44-40(31-43(39)56)47-42(55(44)35-20-8-3-9-21-35)27-28-46-48(47)38-24-11-13-26-45(38)57-46/h1-31H. The molecule has 0 aliphatic carbocycles. The zero-order chi connectivity index (χ0) is 37.5. The molecule has 6 nitrogen and oxygen atoms in total. The van der Waals surface area contributed by atoms with E-state index in [0.717, 1.165) is 77.5 Å². The van der Waals surface area contributed by atoms with Crippen LogP contribution in [0.2, 0.25) is 0 Å². The van der Waals surface area contributed by atoms with E-state index in [4.69, 9.17) is 19.4 Å². The molecule has 0 aliphatic rings. The molecule has 0 unspecified atom stereocenters. The van der Waals surface area contributed by atoms with Gasteiger partial charge in [-0.05, 0) is 60.7 Å². The largest absolute Gasteiger partial charge is 0.456 e. The minimum Gasteiger partial charge on any atom is -0.456 e. The summed E-state index contributed by atoms with van der Waals surface area (Å²) in [5.74, 6) is 1.89. The van der Waals surface area contributed by atoms with Crippen molar-refractivity contribution in [2.45, 2.75) is 0 Å². The minimum atomic E-state index is 0.618. The summed E-state index contributed by atoms with van der Waals surface area (Å²) in [6.07, 6.45) is 0. The van der Waals surface area contributed by atoms with Gasteiger partial charge in [0.25, 0.3) is 0 Å². The van der Waals surface area contributed by atoms with Crippen LogP contribution in [0.4, 0.5) is 0 Å². The minimum absolute atomic E-state index is 0.618. The third kappa shape index (κ3) is 4.87. The molecule has 57 heavy (non-hydrogen) atoms. The number of hydrogen-bond acceptors (Lipinski definition) is 4. The Morgan fingerprint density at radius 2 is 0.860 bits per heavy atom. The number of fused-ring (bicyclic) bond motifs is 10. The molecule has 0 spiro atoms. The van der Waals surface area contributed by atoms with Crippen molar-refractivity contribution in [2.75, 3.05) is 0 Å². The van der Waals surface area contributed by atoms with Gasteiger partial charge in [-0.15, -0.1) is 0 Å². The van der Waals surface area contributed by atoms with E-state index in [1.807, 2.05) is 66.7 Å². The topological polar surface area (TPSA) is 61.7 Å². The number of para-hydroxylation sites is 3. The lowest BCUT2D eigenvalue weighted by Crippen LogP contribution is -2.01. The third-order valence-corrected chi connectivity index (χ3v) is 11.1. The lowest BCUT2D eigenvalue weighted by atomic mass is 10.0. The van der Waals surface area contributed by atoms with E-state index < -0.39 is 0 Å². The molecule has 12 aromatic rings. The van der Waals surface area contributed by atoms with Gasteiger partial charge in [-0.3, -0.25) is 0 Å². The average Bonchev–Trinajstić information content (AvgIpc) is 3.93. The van der Waals surface area contributed by atoms with E-state index in [0.29, 0.717) is 17.5 Å². The molecule has 8 aromatic carbocycles. The summed E-state index contributed by atoms with van der Waals surface area (Å²) < 4.78 is 11.2. The first-order valence-corrected chi connectivity index (χ1v) is 19.1. The lowest BCUT2D eigenvalue weighted by Gasteiger charge is -2.12. The molecule has 0 saturated heterocycles. The number of benzene rings is 8. The van der Waals surface area contributed by atoms with Gasteiger partial charge < -0.3 is 13.6 Å². The zero-order valence-electron chi connectivity index (χ0n) is 30.5. The fourth-order valence-corrected chi connectivity index (χ4v) is 8.64. The van der Waals surface area contributed by atoms with Gasteiger partial charge in [-0.1, -0.05) is 127 Å². The molecule has 4 aromatic heterocycles. The molecular formula is C51H31N5O. The second-order valence-electron chi connectivity index (χ2n) is 14.4. The van der Waals surface area contributed by atoms with Crippen molar-refractivity contribution in [3.05, 3.63) is 188 Å². The Labute approximate surface area is 326 Å². The van der Waals surface area contributed by atoms with Gasteiger partial charge in [0.05, 0.1) is 22.1 Å². The number of aromatic nitrogens is 5. The van der Waals surface area contributed by atoms with E-state index >= 15 is 0 Å². The SMILES string of the molecule is c1ccc(-c2nc(-c3ccccc3)nc(-c3cccc(-n4c5ccccc5c5cc6c(cc54)c4c5c(ccc4n6-c4ccccc4)oc4ccccc45)c3)n2)cc1. The summed E-state index contributed by atoms with van der Waals surface area (Å²) in [6, 6.07) is 65.5. The second kappa shape index (κ2) is 12.3. The predicted molar refractivity (Wildman–Crippen MR) is 232 cm³/mol. The number of nitrogens with zero attached hydrogens (tertiary/aromatic N) is 5. The molecule has 0 fully saturated rings. The second-order valence-corrected chi connectivity index (χ2v) is 14.4. The van der Waals surface area contributed by atoms with Crippen LogP contribution < -0.4 is 0 Å². The number of hydrogen-bond donors (Lipinski definition) is 0. The first-order valence-electron chi connectivity index (χ1n) is 19.1. The highest BCUT2D eigenvalue weighted by molar-refractivity contribution is 6.29. The highest BCUT2D eigenvalue weighted by Gasteiger charge is 2.22. The Hall–Kier alpha value is -7.83. The van der Waals surface area contributed by atoms with Crippen LogP contribution in [0.25, 0.3) is 111 Å². The number of furan rings is 1. The molecular weight excluding hydrogens is 699 g/mol. The molecule has 0 atom stereocenters. The van der Waals surface area contributed by atoms with Crippen molar-refractivity contribution in [1.29, 1.82) is 0 Å². The van der Waals surface area contributed by atoms with E-state index in [2.05, 4.69) is 130 Å². The van der Waals surface area contributed by atoms with Crippen LogP contribution >= 0.6 is 0 Å². The van der Waals surface area contributed by atoms with Crippen molar-refractivity contribution in [3.8, 4) is 45.5 Å². The van der Waals surface area contributed by atoms with Gasteiger partial charge in [-0.2, -0.15) is 0 Å². The molecule has 4 heterocycles. The maximum Gasteiger partial charge on any atom is 0.164 e. The summed E-state index contributed by atoms with van der Waals surface area (Å²) in [4.78, 5) is 15.0. The summed E-state index contributed by atoms with van der Waals surface area (Å²) in [5.41, 5.74) is 11.2. The van der Waals surface area contributed by atoms with Gasteiger partial charge in [0.2, 0.25) is 0 Å². The van der Waals surface area contributed by atoms with Crippen LogP contribution in [0, 0.1) is 0 Å². The van der Waals surface area contributed by atoms with E-state index in [-0.39, 0.29) is 0 Å². The molecule has 0 N–H and O–H groups in total. The van der Waals surface area contributed by atoms with Crippen molar-refractivity contribution in [2.24, 2.45) is 0 Å². The van der Waals surface area contributed by atoms with Crippen LogP contribution in [-0.4, -0.2) is 24.1 Å². The van der Waals surface area contributed by atoms with E-state index in [1.165, 1.54) is 16.2 Å². The Morgan fingerprint density at radius 3 is 1.60 bits per heavy atom. The molecule has 0 saturated carbocycles. The summed E-state index contributed by atoms with van der Waals surface area (Å²) in [7, 11) is 0. The Kier molecular flexibility index (Phi) is 6.83. The Bertz CT molecular complexity index is 3450. The van der Waals surface area contributed by atoms with E-state index in [1.54, 1.807) is 0 Å². The molecule has 12 rings (SSSR count). The molecule has 0 aliphatic heterocycles. The average molecular weight is 730 g/mol. The van der Waals surface area contributed by atoms with Gasteiger partial charge >= 0.3 is 0 Å². The van der Waals surface area contributed by atoms with E-state index in [9.17, 15) is 0 Å². The van der Waals surface area contributed by atoms with Crippen LogP contribution in [0.3, 0.4) is 0 Å². The van der Waals surface area contributed by atoms with Crippen molar-refractivity contribution >= 4 is 65.6 Å². The molecule has 0 amide bonds. The quantitative estimate of drug-likeness (QED) is 0.177. The first kappa shape index (κ1) is 31.5. The first-order chi connectivity index (χ1) is 28.3. The Balaban J connectivity index is 1.14. The van der Waals surface area contributed by atoms with Crippen LogP contribution in [0.1, 0.15) is 0 Å². The lowest BCUT2D eigenvalue weighted by molar-refractivity contribution is 0.669. The van der Waals surface area contributed by atoms with Gasteiger partial charge in [0.15, 0.2) is 17.5 Å². The zero-order valence-corrected chi connectivity index (χ0v) is 30.5. The summed E-state index contributed by atoms with van der Waals surface area (Å²) in [5, 5.41) is 6.94. The maximum atomic E-state index is 6.45. The highest BCUT2D eigenvalue weighted by atomic mass is 16.3. The van der Waals surface area contributed by atoms with Gasteiger partial charge in [-0.25, -0.2) is 15.0 Å². The third-order valence-electron chi connectivity index (χ3n) is 11.1. The Morgan fingerprint density at radius 1 is 0.316 bits per heavy atom. The van der Waals surface area contributed by atoms with Crippen LogP contribution in [-0.2, 0) is 0 Å². The van der Waals surface area contributed by atoms with Crippen molar-refractivity contribution in [3.63, 3.8) is 0 Å².